The molecule has 0 radical (unpaired) electrons. The van der Waals surface area contributed by atoms with Crippen molar-refractivity contribution < 1.29 is 21.6 Å². The second-order valence-electron chi connectivity index (χ2n) is 7.69. The SMILES string of the molecule is CCNc1ccc(S(=O)(=O)N(C)C)cc1NCC(=O)Nc1cc(S(=O)(=O)N(C)C)ccc1C. The Hall–Kier alpha value is -2.67. The molecule has 1 amide bonds. The van der Waals surface area contributed by atoms with Crippen molar-refractivity contribution in [2.45, 2.75) is 23.6 Å². The summed E-state index contributed by atoms with van der Waals surface area (Å²) in [5.74, 6) is -0.416. The number of benzene rings is 2. The Kier molecular flexibility index (Phi) is 8.46. The quantitative estimate of drug-likeness (QED) is 0.458. The lowest BCUT2D eigenvalue weighted by atomic mass is 10.2. The second-order valence-corrected chi connectivity index (χ2v) is 12.0. The number of amides is 1. The summed E-state index contributed by atoms with van der Waals surface area (Å²) in [6, 6.07) is 9.13. The van der Waals surface area contributed by atoms with E-state index >= 15 is 0 Å². The third kappa shape index (κ3) is 6.22. The highest BCUT2D eigenvalue weighted by Gasteiger charge is 2.20. The van der Waals surface area contributed by atoms with Gasteiger partial charge in [-0.15, -0.1) is 0 Å². The third-order valence-corrected chi connectivity index (χ3v) is 8.46. The normalized spacial score (nSPS) is 12.1. The summed E-state index contributed by atoms with van der Waals surface area (Å²) in [4.78, 5) is 12.8. The average molecular weight is 498 g/mol. The summed E-state index contributed by atoms with van der Waals surface area (Å²) in [6.07, 6.45) is 0. The van der Waals surface area contributed by atoms with Crippen molar-refractivity contribution in [3.63, 3.8) is 0 Å². The predicted molar refractivity (Wildman–Crippen MR) is 131 cm³/mol. The first-order valence-electron chi connectivity index (χ1n) is 10.2. The van der Waals surface area contributed by atoms with Crippen LogP contribution < -0.4 is 16.0 Å². The van der Waals surface area contributed by atoms with Gasteiger partial charge in [-0.25, -0.2) is 25.4 Å². The van der Waals surface area contributed by atoms with Gasteiger partial charge in [0.2, 0.25) is 26.0 Å². The van der Waals surface area contributed by atoms with Crippen LogP contribution in [0.3, 0.4) is 0 Å². The number of carbonyl (C=O) groups excluding carboxylic acids is 1. The summed E-state index contributed by atoms with van der Waals surface area (Å²) in [5, 5.41) is 8.81. The molecule has 182 valence electrons. The lowest BCUT2D eigenvalue weighted by Crippen LogP contribution is -2.25. The van der Waals surface area contributed by atoms with Crippen molar-refractivity contribution in [1.82, 2.24) is 8.61 Å². The second kappa shape index (κ2) is 10.5. The first-order valence-corrected chi connectivity index (χ1v) is 13.1. The molecule has 2 aromatic carbocycles. The molecule has 0 bridgehead atoms. The topological polar surface area (TPSA) is 128 Å². The van der Waals surface area contributed by atoms with Crippen molar-refractivity contribution in [2.24, 2.45) is 0 Å². The predicted octanol–water partition coefficient (Wildman–Crippen LogP) is 1.98. The number of sulfonamides is 2. The minimum Gasteiger partial charge on any atom is -0.384 e. The number of aryl methyl sites for hydroxylation is 1. The zero-order valence-corrected chi connectivity index (χ0v) is 21.3. The molecule has 0 saturated heterocycles. The maximum atomic E-state index is 12.6. The van der Waals surface area contributed by atoms with Crippen molar-refractivity contribution >= 4 is 43.0 Å². The first kappa shape index (κ1) is 26.6. The fourth-order valence-corrected chi connectivity index (χ4v) is 4.72. The van der Waals surface area contributed by atoms with Crippen LogP contribution in [0.5, 0.6) is 0 Å². The molecule has 2 aromatic rings. The van der Waals surface area contributed by atoms with Crippen LogP contribution in [0.25, 0.3) is 0 Å². The van der Waals surface area contributed by atoms with Crippen LogP contribution in [0.2, 0.25) is 0 Å². The molecule has 0 aliphatic carbocycles. The number of nitrogens with zero attached hydrogens (tertiary/aromatic N) is 2. The highest BCUT2D eigenvalue weighted by atomic mass is 32.2. The van der Waals surface area contributed by atoms with Gasteiger partial charge in [0.1, 0.15) is 0 Å². The van der Waals surface area contributed by atoms with Gasteiger partial charge in [-0.1, -0.05) is 6.07 Å². The molecule has 0 fully saturated rings. The molecule has 0 unspecified atom stereocenters. The molecule has 12 heteroatoms. The van der Waals surface area contributed by atoms with Crippen molar-refractivity contribution in [3.8, 4) is 0 Å². The van der Waals surface area contributed by atoms with Crippen molar-refractivity contribution in [3.05, 3.63) is 42.0 Å². The molecule has 2 rings (SSSR count). The molecule has 0 aromatic heterocycles. The minimum absolute atomic E-state index is 0.0670. The Balaban J connectivity index is 2.24. The van der Waals surface area contributed by atoms with Gasteiger partial charge in [0.15, 0.2) is 0 Å². The molecule has 33 heavy (non-hydrogen) atoms. The smallest absolute Gasteiger partial charge is 0.243 e. The van der Waals surface area contributed by atoms with Crippen molar-refractivity contribution in [2.75, 3.05) is 57.2 Å². The van der Waals surface area contributed by atoms with E-state index < -0.39 is 26.0 Å². The minimum atomic E-state index is -3.65. The van der Waals surface area contributed by atoms with E-state index in [1.807, 2.05) is 6.92 Å². The Morgan fingerprint density at radius 2 is 1.30 bits per heavy atom. The Morgan fingerprint density at radius 1 is 0.788 bits per heavy atom. The number of hydrogen-bond donors (Lipinski definition) is 3. The van der Waals surface area contributed by atoms with Gasteiger partial charge in [-0.2, -0.15) is 0 Å². The van der Waals surface area contributed by atoms with Crippen LogP contribution in [0.15, 0.2) is 46.2 Å². The van der Waals surface area contributed by atoms with E-state index in [1.165, 1.54) is 52.5 Å². The summed E-state index contributed by atoms with van der Waals surface area (Å²) >= 11 is 0. The van der Waals surface area contributed by atoms with Gasteiger partial charge in [0.25, 0.3) is 0 Å². The van der Waals surface area contributed by atoms with Gasteiger partial charge >= 0.3 is 0 Å². The standard InChI is InChI=1S/C21H31N5O5S2/c1-7-22-18-11-10-17(33(30,31)26(5)6)13-20(18)23-14-21(27)24-19-12-16(9-8-15(19)2)32(28,29)25(3)4/h8-13,22-23H,7,14H2,1-6H3,(H,24,27). The monoisotopic (exact) mass is 497 g/mol. The Bertz CT molecular complexity index is 1230. The number of anilines is 3. The molecule has 0 heterocycles. The molecule has 0 spiro atoms. The lowest BCUT2D eigenvalue weighted by molar-refractivity contribution is -0.114. The molecule has 0 aliphatic rings. The van der Waals surface area contributed by atoms with E-state index in [-0.39, 0.29) is 16.3 Å². The molecule has 10 nitrogen and oxygen atoms in total. The Labute approximate surface area is 196 Å². The lowest BCUT2D eigenvalue weighted by Gasteiger charge is -2.17. The van der Waals surface area contributed by atoms with Gasteiger partial charge in [0, 0.05) is 40.4 Å². The highest BCUT2D eigenvalue weighted by molar-refractivity contribution is 7.89. The zero-order valence-electron chi connectivity index (χ0n) is 19.6. The average Bonchev–Trinajstić information content (AvgIpc) is 2.74. The fourth-order valence-electron chi connectivity index (χ4n) is 2.86. The van der Waals surface area contributed by atoms with Crippen LogP contribution in [-0.4, -0.2) is 72.6 Å². The van der Waals surface area contributed by atoms with Crippen LogP contribution in [0, 0.1) is 6.92 Å². The zero-order chi connectivity index (χ0) is 25.0. The van der Waals surface area contributed by atoms with E-state index in [9.17, 15) is 21.6 Å². The van der Waals surface area contributed by atoms with E-state index in [0.29, 0.717) is 29.2 Å². The first-order chi connectivity index (χ1) is 15.3. The molecular formula is C21H31N5O5S2. The van der Waals surface area contributed by atoms with E-state index in [4.69, 9.17) is 0 Å². The molecule has 0 atom stereocenters. The fraction of sp³-hybridized carbons (Fsp3) is 0.381. The van der Waals surface area contributed by atoms with Gasteiger partial charge < -0.3 is 16.0 Å². The van der Waals surface area contributed by atoms with E-state index in [0.717, 1.165) is 8.61 Å². The van der Waals surface area contributed by atoms with Gasteiger partial charge in [-0.05, 0) is 49.7 Å². The third-order valence-electron chi connectivity index (χ3n) is 4.84. The largest absolute Gasteiger partial charge is 0.384 e. The molecule has 3 N–H and O–H groups in total. The van der Waals surface area contributed by atoms with Crippen LogP contribution >= 0.6 is 0 Å². The number of rotatable bonds is 10. The van der Waals surface area contributed by atoms with Gasteiger partial charge in [0.05, 0.1) is 27.7 Å². The summed E-state index contributed by atoms with van der Waals surface area (Å²) in [7, 11) is -1.53. The van der Waals surface area contributed by atoms with E-state index in [2.05, 4.69) is 16.0 Å². The number of carbonyl (C=O) groups is 1. The van der Waals surface area contributed by atoms with Gasteiger partial charge in [-0.3, -0.25) is 4.79 Å². The molecule has 0 aliphatic heterocycles. The van der Waals surface area contributed by atoms with Crippen LogP contribution in [0.1, 0.15) is 12.5 Å². The maximum Gasteiger partial charge on any atom is 0.243 e. The van der Waals surface area contributed by atoms with Crippen LogP contribution in [-0.2, 0) is 24.8 Å². The maximum absolute atomic E-state index is 12.6. The molecule has 0 saturated carbocycles. The summed E-state index contributed by atoms with van der Waals surface area (Å²) in [6.45, 7) is 4.10. The van der Waals surface area contributed by atoms with Crippen LogP contribution in [0.4, 0.5) is 17.1 Å². The van der Waals surface area contributed by atoms with E-state index in [1.54, 1.807) is 19.1 Å². The summed E-state index contributed by atoms with van der Waals surface area (Å²) in [5.41, 5.74) is 2.18. The Morgan fingerprint density at radius 3 is 1.82 bits per heavy atom. The van der Waals surface area contributed by atoms with Crippen molar-refractivity contribution in [1.29, 1.82) is 0 Å². The highest BCUT2D eigenvalue weighted by Crippen LogP contribution is 2.27. The number of nitrogens with one attached hydrogen (secondary N) is 3. The molecular weight excluding hydrogens is 466 g/mol. The number of hydrogen-bond acceptors (Lipinski definition) is 7. The summed E-state index contributed by atoms with van der Waals surface area (Å²) < 4.78 is 52.0.